The highest BCUT2D eigenvalue weighted by Crippen LogP contribution is 2.08. The number of hydrogen-bond acceptors (Lipinski definition) is 8. The summed E-state index contributed by atoms with van der Waals surface area (Å²) in [5, 5.41) is 12.6. The van der Waals surface area contributed by atoms with E-state index < -0.39 is 30.3 Å². The fourth-order valence-electron chi connectivity index (χ4n) is 3.70. The minimum absolute atomic E-state index is 0.166. The molecule has 13 nitrogen and oxygen atoms in total. The van der Waals surface area contributed by atoms with Crippen molar-refractivity contribution >= 4 is 53.1 Å². The predicted molar refractivity (Wildman–Crippen MR) is 152 cm³/mol. The molecule has 1 atom stereocenters. The summed E-state index contributed by atoms with van der Waals surface area (Å²) in [5.41, 5.74) is 0.793. The summed E-state index contributed by atoms with van der Waals surface area (Å²) in [6.07, 6.45) is 6.32. The lowest BCUT2D eigenvalue weighted by molar-refractivity contribution is -0.137. The number of hydrogen-bond donors (Lipinski definition) is 5. The minimum atomic E-state index is -0.979. The van der Waals surface area contributed by atoms with Crippen LogP contribution in [0.1, 0.15) is 31.2 Å². The molecule has 1 heterocycles. The molecule has 7 amide bonds. The molecule has 2 rings (SSSR count). The van der Waals surface area contributed by atoms with Gasteiger partial charge in [-0.3, -0.25) is 38.5 Å². The zero-order valence-corrected chi connectivity index (χ0v) is 23.7. The summed E-state index contributed by atoms with van der Waals surface area (Å²) in [6.45, 7) is -0.692. The smallest absolute Gasteiger partial charge is 0.253 e. The van der Waals surface area contributed by atoms with Crippen LogP contribution in [-0.2, 0) is 40.0 Å². The number of carbonyl (C=O) groups excluding carboxylic acids is 7. The number of imide groups is 1. The third kappa shape index (κ3) is 13.1. The van der Waals surface area contributed by atoms with Crippen molar-refractivity contribution in [3.05, 3.63) is 48.0 Å². The van der Waals surface area contributed by atoms with Crippen molar-refractivity contribution in [3.63, 3.8) is 0 Å². The Bertz CT molecular complexity index is 1110. The van der Waals surface area contributed by atoms with Gasteiger partial charge in [-0.2, -0.15) is 0 Å². The molecule has 0 saturated carbocycles. The predicted octanol–water partition coefficient (Wildman–Crippen LogP) is -1.02. The molecule has 0 fully saturated rings. The van der Waals surface area contributed by atoms with E-state index in [0.29, 0.717) is 25.1 Å². The lowest BCUT2D eigenvalue weighted by Crippen LogP contribution is -2.52. The van der Waals surface area contributed by atoms with Crippen LogP contribution in [0.2, 0.25) is 0 Å². The molecular formula is C27H36N6O7S. The number of thioether (sulfide) groups is 1. The maximum Gasteiger partial charge on any atom is 0.253 e. The summed E-state index contributed by atoms with van der Waals surface area (Å²) in [7, 11) is 0. The quantitative estimate of drug-likeness (QED) is 0.0821. The van der Waals surface area contributed by atoms with E-state index in [-0.39, 0.29) is 56.1 Å². The maximum atomic E-state index is 12.7. The van der Waals surface area contributed by atoms with Crippen molar-refractivity contribution in [2.75, 3.05) is 38.3 Å². The fourth-order valence-corrected chi connectivity index (χ4v) is 4.01. The van der Waals surface area contributed by atoms with Gasteiger partial charge in [0.1, 0.15) is 6.04 Å². The van der Waals surface area contributed by atoms with Crippen molar-refractivity contribution in [2.24, 2.45) is 0 Å². The Morgan fingerprint density at radius 2 is 1.37 bits per heavy atom. The Hall–Kier alpha value is -4.20. The Labute approximate surface area is 242 Å². The molecule has 14 heteroatoms. The van der Waals surface area contributed by atoms with Gasteiger partial charge in [-0.25, -0.2) is 0 Å². The first-order valence-electron chi connectivity index (χ1n) is 13.1. The van der Waals surface area contributed by atoms with E-state index in [0.717, 1.165) is 10.5 Å². The van der Waals surface area contributed by atoms with Crippen LogP contribution >= 0.6 is 11.8 Å². The topological polar surface area (TPSA) is 183 Å². The zero-order valence-electron chi connectivity index (χ0n) is 22.9. The molecule has 5 N–H and O–H groups in total. The average molecular weight is 589 g/mol. The van der Waals surface area contributed by atoms with Crippen molar-refractivity contribution < 1.29 is 33.6 Å². The third-order valence-electron chi connectivity index (χ3n) is 5.85. The highest BCUT2D eigenvalue weighted by molar-refractivity contribution is 7.98. The molecule has 0 spiro atoms. The van der Waals surface area contributed by atoms with E-state index in [9.17, 15) is 33.6 Å². The van der Waals surface area contributed by atoms with Crippen molar-refractivity contribution in [3.8, 4) is 0 Å². The van der Waals surface area contributed by atoms with Gasteiger partial charge in [-0.05, 0) is 24.7 Å². The van der Waals surface area contributed by atoms with Gasteiger partial charge >= 0.3 is 0 Å². The van der Waals surface area contributed by atoms with Crippen LogP contribution in [0.25, 0.3) is 0 Å². The third-order valence-corrected chi connectivity index (χ3v) is 6.28. The van der Waals surface area contributed by atoms with E-state index >= 15 is 0 Å². The van der Waals surface area contributed by atoms with Crippen LogP contribution in [-0.4, -0.2) is 90.6 Å². The summed E-state index contributed by atoms with van der Waals surface area (Å²) in [5.74, 6) is -2.72. The van der Waals surface area contributed by atoms with Crippen LogP contribution in [0.4, 0.5) is 0 Å². The molecule has 41 heavy (non-hydrogen) atoms. The molecular weight excluding hydrogens is 552 g/mol. The second-order valence-corrected chi connectivity index (χ2v) is 9.95. The minimum Gasteiger partial charge on any atom is -0.347 e. The SMILES string of the molecule is CSCNC(=O)CNC(=O)[C@H](Cc1ccccc1)NC(=O)CNC(=O)CNC(=O)CCCCCN1C(=O)C=CC1=O. The Balaban J connectivity index is 1.68. The molecule has 0 saturated heterocycles. The standard InChI is InChI=1S/C27H36N6O7S/c1-41-18-31-23(36)16-30-27(40)20(14-19-8-4-2-5-9-19)32-24(37)17-29-22(35)15-28-21(34)10-6-3-7-13-33-25(38)11-12-26(33)39/h2,4-5,8-9,11-12,20H,3,6-7,10,13-18H2,1H3,(H,28,34)(H,29,35)(H,30,40)(H,31,36)(H,32,37)/t20-/m0/s1. The van der Waals surface area contributed by atoms with Crippen molar-refractivity contribution in [2.45, 2.75) is 38.1 Å². The molecule has 0 aliphatic carbocycles. The van der Waals surface area contributed by atoms with E-state index in [1.165, 1.54) is 23.9 Å². The van der Waals surface area contributed by atoms with Crippen molar-refractivity contribution in [1.82, 2.24) is 31.5 Å². The van der Waals surface area contributed by atoms with Gasteiger partial charge < -0.3 is 26.6 Å². The van der Waals surface area contributed by atoms with E-state index in [1.54, 1.807) is 24.3 Å². The van der Waals surface area contributed by atoms with Gasteiger partial charge in [-0.15, -0.1) is 11.8 Å². The Morgan fingerprint density at radius 1 is 0.756 bits per heavy atom. The Morgan fingerprint density at radius 3 is 2.05 bits per heavy atom. The second-order valence-electron chi connectivity index (χ2n) is 9.09. The Kier molecular flexibility index (Phi) is 14.7. The largest absolute Gasteiger partial charge is 0.347 e. The van der Waals surface area contributed by atoms with Crippen LogP contribution in [0, 0.1) is 0 Å². The number of nitrogens with zero attached hydrogens (tertiary/aromatic N) is 1. The van der Waals surface area contributed by atoms with Gasteiger partial charge in [0.25, 0.3) is 11.8 Å². The van der Waals surface area contributed by atoms with E-state index in [4.69, 9.17) is 0 Å². The summed E-state index contributed by atoms with van der Waals surface area (Å²) >= 11 is 1.42. The summed E-state index contributed by atoms with van der Waals surface area (Å²) < 4.78 is 0. The highest BCUT2D eigenvalue weighted by atomic mass is 32.2. The number of carbonyl (C=O) groups is 7. The van der Waals surface area contributed by atoms with Crippen LogP contribution in [0.15, 0.2) is 42.5 Å². The summed E-state index contributed by atoms with van der Waals surface area (Å²) in [6, 6.07) is 8.04. The number of amides is 7. The first-order valence-corrected chi connectivity index (χ1v) is 14.5. The number of unbranched alkanes of at least 4 members (excludes halogenated alkanes) is 2. The highest BCUT2D eigenvalue weighted by Gasteiger charge is 2.23. The molecule has 0 aromatic heterocycles. The molecule has 222 valence electrons. The molecule has 1 aromatic carbocycles. The molecule has 0 bridgehead atoms. The molecule has 1 aliphatic heterocycles. The number of rotatable bonds is 18. The molecule has 0 radical (unpaired) electrons. The van der Waals surface area contributed by atoms with Gasteiger partial charge in [-0.1, -0.05) is 36.8 Å². The van der Waals surface area contributed by atoms with E-state index in [2.05, 4.69) is 26.6 Å². The molecule has 1 aromatic rings. The van der Waals surface area contributed by atoms with Crippen LogP contribution < -0.4 is 26.6 Å². The number of nitrogens with one attached hydrogen (secondary N) is 5. The second kappa shape index (κ2) is 18.2. The fraction of sp³-hybridized carbons (Fsp3) is 0.444. The average Bonchev–Trinajstić information content (AvgIpc) is 3.28. The number of benzene rings is 1. The van der Waals surface area contributed by atoms with Crippen LogP contribution in [0.5, 0.6) is 0 Å². The lowest BCUT2D eigenvalue weighted by Gasteiger charge is -2.19. The van der Waals surface area contributed by atoms with Crippen molar-refractivity contribution in [1.29, 1.82) is 0 Å². The molecule has 1 aliphatic rings. The monoisotopic (exact) mass is 588 g/mol. The maximum absolute atomic E-state index is 12.7. The first-order chi connectivity index (χ1) is 19.7. The van der Waals surface area contributed by atoms with E-state index in [1.807, 2.05) is 12.3 Å². The van der Waals surface area contributed by atoms with Gasteiger partial charge in [0.15, 0.2) is 0 Å². The molecule has 0 unspecified atom stereocenters. The first kappa shape index (κ1) is 33.0. The zero-order chi connectivity index (χ0) is 30.0. The van der Waals surface area contributed by atoms with Crippen LogP contribution in [0.3, 0.4) is 0 Å². The lowest BCUT2D eigenvalue weighted by atomic mass is 10.1. The van der Waals surface area contributed by atoms with Gasteiger partial charge in [0.2, 0.25) is 29.5 Å². The summed E-state index contributed by atoms with van der Waals surface area (Å²) in [4.78, 5) is 85.3. The normalized spacial score (nSPS) is 13.0. The van der Waals surface area contributed by atoms with Gasteiger partial charge in [0.05, 0.1) is 25.5 Å². The van der Waals surface area contributed by atoms with Gasteiger partial charge in [0, 0.05) is 31.5 Å².